The zero-order chi connectivity index (χ0) is 13.1. The monoisotopic (exact) mass is 250 g/mol. The maximum Gasteiger partial charge on any atom is 0.0643 e. The van der Waals surface area contributed by atoms with Gasteiger partial charge in [-0.05, 0) is 41.3 Å². The smallest absolute Gasteiger partial charge is 0.0643 e. The molecule has 1 aliphatic rings. The van der Waals surface area contributed by atoms with Crippen molar-refractivity contribution >= 4 is 11.8 Å². The number of hydrogen-bond donors (Lipinski definition) is 1. The zero-order valence-electron chi connectivity index (χ0n) is 11.1. The van der Waals surface area contributed by atoms with Crippen molar-refractivity contribution in [1.82, 2.24) is 5.01 Å². The minimum atomic E-state index is 0.891. The molecule has 0 bridgehead atoms. The Morgan fingerprint density at radius 3 is 2.63 bits per heavy atom. The first-order valence-electron chi connectivity index (χ1n) is 6.73. The number of hydrogen-bond acceptors (Lipinski definition) is 2. The second kappa shape index (κ2) is 5.19. The van der Waals surface area contributed by atoms with Crippen LogP contribution in [0.25, 0.3) is 6.08 Å². The van der Waals surface area contributed by atoms with Gasteiger partial charge >= 0.3 is 0 Å². The molecule has 96 valence electrons. The van der Waals surface area contributed by atoms with Crippen LogP contribution in [0, 0.1) is 0 Å². The van der Waals surface area contributed by atoms with Crippen molar-refractivity contribution in [2.75, 3.05) is 5.43 Å². The summed E-state index contributed by atoms with van der Waals surface area (Å²) < 4.78 is 0. The van der Waals surface area contributed by atoms with Gasteiger partial charge in [0.05, 0.1) is 12.2 Å². The van der Waals surface area contributed by atoms with Crippen LogP contribution in [-0.4, -0.2) is 5.01 Å². The summed E-state index contributed by atoms with van der Waals surface area (Å²) in [5.74, 6) is 0. The van der Waals surface area contributed by atoms with E-state index in [1.54, 1.807) is 0 Å². The molecule has 0 radical (unpaired) electrons. The zero-order valence-corrected chi connectivity index (χ0v) is 11.1. The lowest BCUT2D eigenvalue weighted by atomic mass is 10.1. The number of nitrogens with zero attached hydrogens (tertiary/aromatic N) is 1. The van der Waals surface area contributed by atoms with Gasteiger partial charge in [0.2, 0.25) is 0 Å². The van der Waals surface area contributed by atoms with E-state index in [0.29, 0.717) is 0 Å². The Morgan fingerprint density at radius 2 is 1.84 bits per heavy atom. The quantitative estimate of drug-likeness (QED) is 0.883. The van der Waals surface area contributed by atoms with Crippen molar-refractivity contribution < 1.29 is 0 Å². The van der Waals surface area contributed by atoms with Crippen LogP contribution in [0.15, 0.2) is 54.7 Å². The Bertz CT molecular complexity index is 584. The maximum absolute atomic E-state index is 3.42. The van der Waals surface area contributed by atoms with Gasteiger partial charge in [-0.3, -0.25) is 10.4 Å². The van der Waals surface area contributed by atoms with E-state index >= 15 is 0 Å². The normalized spacial score (nSPS) is 13.2. The van der Waals surface area contributed by atoms with Gasteiger partial charge in [0, 0.05) is 6.20 Å². The largest absolute Gasteiger partial charge is 0.299 e. The van der Waals surface area contributed by atoms with Gasteiger partial charge in [-0.15, -0.1) is 0 Å². The first kappa shape index (κ1) is 11.8. The summed E-state index contributed by atoms with van der Waals surface area (Å²) in [6, 6.07) is 17.1. The van der Waals surface area contributed by atoms with Crippen LogP contribution in [0.1, 0.15) is 23.6 Å². The third kappa shape index (κ3) is 2.63. The van der Waals surface area contributed by atoms with Crippen LogP contribution in [-0.2, 0) is 13.0 Å². The van der Waals surface area contributed by atoms with E-state index in [-0.39, 0.29) is 0 Å². The van der Waals surface area contributed by atoms with Gasteiger partial charge in [0.15, 0.2) is 0 Å². The van der Waals surface area contributed by atoms with Crippen LogP contribution in [0.2, 0.25) is 0 Å². The number of fused-ring (bicyclic) bond motifs is 1. The first-order chi connectivity index (χ1) is 9.35. The van der Waals surface area contributed by atoms with E-state index in [4.69, 9.17) is 0 Å². The minimum Gasteiger partial charge on any atom is -0.299 e. The molecule has 0 fully saturated rings. The highest BCUT2D eigenvalue weighted by Crippen LogP contribution is 2.20. The summed E-state index contributed by atoms with van der Waals surface area (Å²) in [6.45, 7) is 3.06. The van der Waals surface area contributed by atoms with Crippen LogP contribution in [0.4, 0.5) is 5.69 Å². The van der Waals surface area contributed by atoms with E-state index in [1.165, 1.54) is 16.7 Å². The van der Waals surface area contributed by atoms with E-state index in [2.05, 4.69) is 78.2 Å². The molecule has 0 spiro atoms. The van der Waals surface area contributed by atoms with Gasteiger partial charge in [-0.1, -0.05) is 43.3 Å². The Kier molecular flexibility index (Phi) is 3.23. The fraction of sp³-hybridized carbons (Fsp3) is 0.176. The fourth-order valence-corrected chi connectivity index (χ4v) is 2.30. The predicted molar refractivity (Wildman–Crippen MR) is 80.5 cm³/mol. The molecular weight excluding hydrogens is 232 g/mol. The molecule has 1 heterocycles. The van der Waals surface area contributed by atoms with Gasteiger partial charge in [0.25, 0.3) is 0 Å². The maximum atomic E-state index is 3.42. The molecule has 3 rings (SSSR count). The van der Waals surface area contributed by atoms with Gasteiger partial charge in [0.1, 0.15) is 0 Å². The van der Waals surface area contributed by atoms with Crippen molar-refractivity contribution in [3.63, 3.8) is 0 Å². The number of hydrazine groups is 1. The first-order valence-corrected chi connectivity index (χ1v) is 6.73. The summed E-state index contributed by atoms with van der Waals surface area (Å²) in [5, 5.41) is 2.11. The second-order valence-electron chi connectivity index (χ2n) is 4.80. The molecule has 0 aromatic heterocycles. The summed E-state index contributed by atoms with van der Waals surface area (Å²) >= 11 is 0. The van der Waals surface area contributed by atoms with E-state index in [1.807, 2.05) is 0 Å². The average Bonchev–Trinajstić information content (AvgIpc) is 2.48. The Labute approximate surface area is 114 Å². The molecule has 2 aromatic carbocycles. The van der Waals surface area contributed by atoms with Crippen LogP contribution >= 0.6 is 0 Å². The standard InChI is InChI=1S/C17H18N2/c1-2-14-7-9-17(10-8-14)18-19-12-11-15-5-3-4-6-16(15)13-19/h3-12,18H,2,13H2,1H3. The molecule has 0 saturated carbocycles. The van der Waals surface area contributed by atoms with Crippen molar-refractivity contribution in [3.8, 4) is 0 Å². The molecule has 0 atom stereocenters. The third-order valence-electron chi connectivity index (χ3n) is 3.46. The third-order valence-corrected chi connectivity index (χ3v) is 3.46. The van der Waals surface area contributed by atoms with E-state index in [9.17, 15) is 0 Å². The molecule has 2 aromatic rings. The minimum absolute atomic E-state index is 0.891. The molecular formula is C17H18N2. The Balaban J connectivity index is 1.72. The molecule has 0 unspecified atom stereocenters. The number of benzene rings is 2. The van der Waals surface area contributed by atoms with E-state index < -0.39 is 0 Å². The van der Waals surface area contributed by atoms with Crippen molar-refractivity contribution in [1.29, 1.82) is 0 Å². The Hall–Kier alpha value is -2.22. The SMILES string of the molecule is CCc1ccc(NN2C=Cc3ccccc3C2)cc1. The average molecular weight is 250 g/mol. The predicted octanol–water partition coefficient (Wildman–Crippen LogP) is 4.06. The molecule has 0 aliphatic carbocycles. The van der Waals surface area contributed by atoms with Gasteiger partial charge in [-0.2, -0.15) is 0 Å². The summed E-state index contributed by atoms with van der Waals surface area (Å²) in [4.78, 5) is 0. The molecule has 2 heteroatoms. The number of anilines is 1. The number of aryl methyl sites for hydroxylation is 1. The topological polar surface area (TPSA) is 15.3 Å². The lowest BCUT2D eigenvalue weighted by Crippen LogP contribution is -2.26. The lowest BCUT2D eigenvalue weighted by molar-refractivity contribution is 0.440. The highest BCUT2D eigenvalue weighted by Gasteiger charge is 2.09. The molecule has 19 heavy (non-hydrogen) atoms. The molecule has 0 amide bonds. The molecule has 0 saturated heterocycles. The van der Waals surface area contributed by atoms with Crippen molar-refractivity contribution in [2.45, 2.75) is 19.9 Å². The molecule has 2 nitrogen and oxygen atoms in total. The van der Waals surface area contributed by atoms with Crippen LogP contribution < -0.4 is 5.43 Å². The van der Waals surface area contributed by atoms with Crippen molar-refractivity contribution in [2.24, 2.45) is 0 Å². The van der Waals surface area contributed by atoms with Crippen LogP contribution in [0.3, 0.4) is 0 Å². The Morgan fingerprint density at radius 1 is 1.05 bits per heavy atom. The van der Waals surface area contributed by atoms with Gasteiger partial charge in [-0.25, -0.2) is 0 Å². The molecule has 1 N–H and O–H groups in total. The highest BCUT2D eigenvalue weighted by molar-refractivity contribution is 5.56. The summed E-state index contributed by atoms with van der Waals surface area (Å²) in [6.07, 6.45) is 5.32. The van der Waals surface area contributed by atoms with Gasteiger partial charge < -0.3 is 0 Å². The lowest BCUT2D eigenvalue weighted by Gasteiger charge is -2.26. The number of rotatable bonds is 3. The summed E-state index contributed by atoms with van der Waals surface area (Å²) in [7, 11) is 0. The second-order valence-corrected chi connectivity index (χ2v) is 4.80. The summed E-state index contributed by atoms with van der Waals surface area (Å²) in [5.41, 5.74) is 8.57. The van der Waals surface area contributed by atoms with Crippen molar-refractivity contribution in [3.05, 3.63) is 71.4 Å². The fourth-order valence-electron chi connectivity index (χ4n) is 2.30. The van der Waals surface area contributed by atoms with E-state index in [0.717, 1.165) is 18.7 Å². The van der Waals surface area contributed by atoms with Crippen LogP contribution in [0.5, 0.6) is 0 Å². The number of nitrogens with one attached hydrogen (secondary N) is 1. The highest BCUT2D eigenvalue weighted by atomic mass is 15.5. The molecule has 1 aliphatic heterocycles.